The van der Waals surface area contributed by atoms with Gasteiger partial charge in [0, 0.05) is 17.5 Å². The minimum Gasteiger partial charge on any atom is -0.313 e. The summed E-state index contributed by atoms with van der Waals surface area (Å²) in [6.07, 6.45) is 7.57. The topological polar surface area (TPSA) is 15.3 Å². The first-order chi connectivity index (χ1) is 9.79. The number of nitrogens with zero attached hydrogens (tertiary/aromatic N) is 1. The van der Waals surface area contributed by atoms with Gasteiger partial charge in [0.15, 0.2) is 0 Å². The van der Waals surface area contributed by atoms with Crippen LogP contribution in [0.5, 0.6) is 0 Å². The van der Waals surface area contributed by atoms with Crippen LogP contribution in [0.3, 0.4) is 0 Å². The zero-order chi connectivity index (χ0) is 14.2. The molecule has 0 bridgehead atoms. The molecular weight excluding hydrogens is 264 g/mol. The second-order valence-electron chi connectivity index (χ2n) is 5.76. The van der Waals surface area contributed by atoms with Crippen molar-refractivity contribution in [2.45, 2.75) is 50.1 Å². The van der Waals surface area contributed by atoms with Crippen LogP contribution in [0.2, 0.25) is 0 Å². The molecule has 1 aromatic carbocycles. The Morgan fingerprint density at radius 2 is 2.05 bits per heavy atom. The molecule has 0 aromatic heterocycles. The zero-order valence-corrected chi connectivity index (χ0v) is 13.7. The average molecular weight is 292 g/mol. The molecule has 1 heterocycles. The summed E-state index contributed by atoms with van der Waals surface area (Å²) in [6, 6.07) is 9.66. The van der Waals surface area contributed by atoms with Crippen LogP contribution in [0.4, 0.5) is 0 Å². The zero-order valence-electron chi connectivity index (χ0n) is 12.9. The van der Waals surface area contributed by atoms with E-state index >= 15 is 0 Å². The summed E-state index contributed by atoms with van der Waals surface area (Å²) in [4.78, 5) is 3.99. The van der Waals surface area contributed by atoms with Crippen LogP contribution >= 0.6 is 11.8 Å². The molecule has 2 nitrogen and oxygen atoms in total. The second kappa shape index (κ2) is 8.71. The fourth-order valence-corrected chi connectivity index (χ4v) is 3.28. The van der Waals surface area contributed by atoms with Crippen molar-refractivity contribution in [3.8, 4) is 0 Å². The smallest absolute Gasteiger partial charge is 0.0205 e. The Morgan fingerprint density at radius 3 is 2.75 bits per heavy atom. The van der Waals surface area contributed by atoms with Crippen LogP contribution in [0, 0.1) is 0 Å². The summed E-state index contributed by atoms with van der Waals surface area (Å²) in [5.74, 6) is 0. The minimum atomic E-state index is 0.794. The summed E-state index contributed by atoms with van der Waals surface area (Å²) >= 11 is 1.80. The van der Waals surface area contributed by atoms with Gasteiger partial charge in [0.05, 0.1) is 0 Å². The van der Waals surface area contributed by atoms with Crippen LogP contribution in [-0.4, -0.2) is 36.8 Å². The largest absolute Gasteiger partial charge is 0.313 e. The van der Waals surface area contributed by atoms with E-state index < -0.39 is 0 Å². The number of hydrogen-bond acceptors (Lipinski definition) is 3. The summed E-state index contributed by atoms with van der Waals surface area (Å²) in [7, 11) is 0. The van der Waals surface area contributed by atoms with Gasteiger partial charge in [-0.1, -0.05) is 18.6 Å². The molecule has 20 heavy (non-hydrogen) atoms. The van der Waals surface area contributed by atoms with Crippen LogP contribution in [0.15, 0.2) is 29.2 Å². The van der Waals surface area contributed by atoms with E-state index in [1.165, 1.54) is 49.2 Å². The maximum absolute atomic E-state index is 3.56. The van der Waals surface area contributed by atoms with Crippen molar-refractivity contribution >= 4 is 11.8 Å². The van der Waals surface area contributed by atoms with Gasteiger partial charge in [-0.05, 0) is 69.8 Å². The van der Waals surface area contributed by atoms with Gasteiger partial charge in [-0.3, -0.25) is 0 Å². The number of benzene rings is 1. The number of nitrogens with one attached hydrogen (secondary N) is 1. The maximum atomic E-state index is 3.56. The Balaban J connectivity index is 1.58. The van der Waals surface area contributed by atoms with Gasteiger partial charge in [-0.25, -0.2) is 0 Å². The second-order valence-corrected chi connectivity index (χ2v) is 6.64. The molecule has 1 aliphatic heterocycles. The molecule has 0 unspecified atom stereocenters. The Kier molecular flexibility index (Phi) is 6.91. The van der Waals surface area contributed by atoms with Crippen molar-refractivity contribution in [3.05, 3.63) is 29.8 Å². The molecule has 0 amide bonds. The first-order valence-corrected chi connectivity index (χ1v) is 9.10. The molecule has 2 rings (SSSR count). The Morgan fingerprint density at radius 1 is 1.25 bits per heavy atom. The highest BCUT2D eigenvalue weighted by atomic mass is 32.2. The van der Waals surface area contributed by atoms with E-state index in [9.17, 15) is 0 Å². The van der Waals surface area contributed by atoms with E-state index in [1.54, 1.807) is 11.8 Å². The minimum absolute atomic E-state index is 0.794. The van der Waals surface area contributed by atoms with Crippen LogP contribution in [0.25, 0.3) is 0 Å². The summed E-state index contributed by atoms with van der Waals surface area (Å²) in [5, 5.41) is 3.56. The lowest BCUT2D eigenvalue weighted by atomic mass is 10.0. The SMILES string of the molecule is CSc1ccc(CNCCCN2CCCC[C@@H]2C)cc1. The van der Waals surface area contributed by atoms with Crippen molar-refractivity contribution in [2.75, 3.05) is 25.9 Å². The first-order valence-electron chi connectivity index (χ1n) is 7.87. The fraction of sp³-hybridized carbons (Fsp3) is 0.647. The molecule has 3 heteroatoms. The van der Waals surface area contributed by atoms with Gasteiger partial charge in [-0.15, -0.1) is 11.8 Å². The molecule has 1 saturated heterocycles. The monoisotopic (exact) mass is 292 g/mol. The van der Waals surface area contributed by atoms with E-state index in [4.69, 9.17) is 0 Å². The molecule has 0 spiro atoms. The molecule has 0 radical (unpaired) electrons. The fourth-order valence-electron chi connectivity index (χ4n) is 2.87. The third-order valence-corrected chi connectivity index (χ3v) is 4.97. The van der Waals surface area contributed by atoms with Crippen molar-refractivity contribution in [1.82, 2.24) is 10.2 Å². The first kappa shape index (κ1) is 15.9. The Hall–Kier alpha value is -0.510. The Bertz CT molecular complexity index is 377. The van der Waals surface area contributed by atoms with Gasteiger partial charge >= 0.3 is 0 Å². The predicted molar refractivity (Wildman–Crippen MR) is 89.4 cm³/mol. The lowest BCUT2D eigenvalue weighted by Crippen LogP contribution is -2.38. The highest BCUT2D eigenvalue weighted by molar-refractivity contribution is 7.98. The maximum Gasteiger partial charge on any atom is 0.0205 e. The van der Waals surface area contributed by atoms with E-state index in [2.05, 4.69) is 47.7 Å². The number of rotatable bonds is 7. The third-order valence-electron chi connectivity index (χ3n) is 4.23. The summed E-state index contributed by atoms with van der Waals surface area (Å²) in [6.45, 7) is 7.04. The van der Waals surface area contributed by atoms with Gasteiger partial charge in [0.2, 0.25) is 0 Å². The lowest BCUT2D eigenvalue weighted by molar-refractivity contribution is 0.159. The molecule has 0 saturated carbocycles. The standard InChI is InChI=1S/C17H28N2S/c1-15-6-3-4-12-19(15)13-5-11-18-14-16-7-9-17(20-2)10-8-16/h7-10,15,18H,3-6,11-14H2,1-2H3/t15-/m0/s1. The van der Waals surface area contributed by atoms with E-state index in [1.807, 2.05) is 0 Å². The van der Waals surface area contributed by atoms with Crippen molar-refractivity contribution in [3.63, 3.8) is 0 Å². The highest BCUT2D eigenvalue weighted by Crippen LogP contribution is 2.16. The molecule has 1 N–H and O–H groups in total. The summed E-state index contributed by atoms with van der Waals surface area (Å²) in [5.41, 5.74) is 1.38. The molecule has 112 valence electrons. The average Bonchev–Trinajstić information content (AvgIpc) is 2.49. The van der Waals surface area contributed by atoms with Crippen molar-refractivity contribution in [1.29, 1.82) is 0 Å². The van der Waals surface area contributed by atoms with Gasteiger partial charge in [-0.2, -0.15) is 0 Å². The quantitative estimate of drug-likeness (QED) is 0.608. The predicted octanol–water partition coefficient (Wildman–Crippen LogP) is 3.76. The van der Waals surface area contributed by atoms with Gasteiger partial charge < -0.3 is 10.2 Å². The van der Waals surface area contributed by atoms with E-state index in [-0.39, 0.29) is 0 Å². The molecule has 1 aliphatic rings. The van der Waals surface area contributed by atoms with Crippen LogP contribution < -0.4 is 5.32 Å². The number of hydrogen-bond donors (Lipinski definition) is 1. The van der Waals surface area contributed by atoms with E-state index in [0.29, 0.717) is 0 Å². The van der Waals surface area contributed by atoms with Crippen molar-refractivity contribution in [2.24, 2.45) is 0 Å². The molecule has 1 aromatic rings. The lowest BCUT2D eigenvalue weighted by Gasteiger charge is -2.33. The molecule has 1 fully saturated rings. The highest BCUT2D eigenvalue weighted by Gasteiger charge is 2.16. The van der Waals surface area contributed by atoms with Crippen molar-refractivity contribution < 1.29 is 0 Å². The normalized spacial score (nSPS) is 20.2. The molecular formula is C17H28N2S. The summed E-state index contributed by atoms with van der Waals surface area (Å²) < 4.78 is 0. The molecule has 0 aliphatic carbocycles. The Labute approximate surface area is 128 Å². The van der Waals surface area contributed by atoms with Gasteiger partial charge in [0.1, 0.15) is 0 Å². The number of likely N-dealkylation sites (tertiary alicyclic amines) is 1. The third kappa shape index (κ3) is 5.12. The van der Waals surface area contributed by atoms with Crippen LogP contribution in [0.1, 0.15) is 38.2 Å². The van der Waals surface area contributed by atoms with E-state index in [0.717, 1.165) is 19.1 Å². The molecule has 1 atom stereocenters. The van der Waals surface area contributed by atoms with Gasteiger partial charge in [0.25, 0.3) is 0 Å². The van der Waals surface area contributed by atoms with Crippen LogP contribution in [-0.2, 0) is 6.54 Å². The number of piperidine rings is 1. The number of thioether (sulfide) groups is 1.